The molecule has 1 amide bonds. The molecule has 1 N–H and O–H groups in total. The zero-order valence-electron chi connectivity index (χ0n) is 13.7. The predicted molar refractivity (Wildman–Crippen MR) is 91.1 cm³/mol. The molecule has 0 unspecified atom stereocenters. The second-order valence-corrected chi connectivity index (χ2v) is 7.22. The van der Waals surface area contributed by atoms with Gasteiger partial charge in [-0.1, -0.05) is 11.6 Å². The number of hydrogen-bond donors (Lipinski definition) is 1. The second kappa shape index (κ2) is 7.00. The number of nitrogens with one attached hydrogen (secondary N) is 1. The fraction of sp³-hybridized carbons (Fsp3) is 0.611. The molecule has 1 aromatic carbocycles. The van der Waals surface area contributed by atoms with Crippen LogP contribution in [0.4, 0.5) is 0 Å². The number of benzene rings is 1. The van der Waals surface area contributed by atoms with Gasteiger partial charge in [0.15, 0.2) is 0 Å². The normalized spacial score (nSPS) is 27.1. The van der Waals surface area contributed by atoms with Crippen molar-refractivity contribution >= 4 is 17.5 Å². The maximum absolute atomic E-state index is 12.7. The van der Waals surface area contributed by atoms with Crippen LogP contribution in [0.15, 0.2) is 12.1 Å². The number of morpholine rings is 1. The number of amides is 1. The molecule has 5 nitrogen and oxygen atoms in total. The van der Waals surface area contributed by atoms with Crippen molar-refractivity contribution in [3.8, 4) is 0 Å². The fourth-order valence-electron chi connectivity index (χ4n) is 3.91. The summed E-state index contributed by atoms with van der Waals surface area (Å²) in [4.78, 5) is 14.7. The number of carbonyl (C=O) groups is 1. The molecule has 3 heterocycles. The first-order valence-corrected chi connectivity index (χ1v) is 9.09. The zero-order chi connectivity index (χ0) is 16.5. The second-order valence-electron chi connectivity index (χ2n) is 6.78. The van der Waals surface area contributed by atoms with Crippen LogP contribution in [-0.2, 0) is 27.2 Å². The van der Waals surface area contributed by atoms with Gasteiger partial charge in [-0.2, -0.15) is 0 Å². The van der Waals surface area contributed by atoms with E-state index in [9.17, 15) is 4.79 Å². The highest BCUT2D eigenvalue weighted by Gasteiger charge is 2.32. The summed E-state index contributed by atoms with van der Waals surface area (Å²) >= 11 is 6.34. The molecular formula is C18H23ClN2O3. The highest BCUT2D eigenvalue weighted by molar-refractivity contribution is 6.30. The van der Waals surface area contributed by atoms with Gasteiger partial charge in [0.1, 0.15) is 0 Å². The molecule has 3 aliphatic rings. The summed E-state index contributed by atoms with van der Waals surface area (Å²) in [6.07, 6.45) is 1.70. The third kappa shape index (κ3) is 3.18. The summed E-state index contributed by atoms with van der Waals surface area (Å²) in [5.74, 6) is 0.255. The van der Waals surface area contributed by atoms with Crippen LogP contribution in [0.5, 0.6) is 0 Å². The molecule has 3 aliphatic heterocycles. The average molecular weight is 351 g/mol. The highest BCUT2D eigenvalue weighted by Crippen LogP contribution is 2.32. The van der Waals surface area contributed by atoms with Gasteiger partial charge < -0.3 is 19.7 Å². The van der Waals surface area contributed by atoms with Crippen molar-refractivity contribution in [1.82, 2.24) is 10.2 Å². The lowest BCUT2D eigenvalue weighted by Crippen LogP contribution is -2.41. The summed E-state index contributed by atoms with van der Waals surface area (Å²) in [6.45, 7) is 4.92. The van der Waals surface area contributed by atoms with E-state index >= 15 is 0 Å². The molecule has 2 atom stereocenters. The van der Waals surface area contributed by atoms with E-state index < -0.39 is 0 Å². The van der Waals surface area contributed by atoms with Gasteiger partial charge in [0.25, 0.3) is 0 Å². The number of rotatable bonds is 2. The lowest BCUT2D eigenvalue weighted by molar-refractivity contribution is -0.136. The van der Waals surface area contributed by atoms with Crippen molar-refractivity contribution < 1.29 is 14.3 Å². The smallest absolute Gasteiger partial charge is 0.228 e. The standard InChI is InChI=1S/C18H23ClN2O3/c19-14-7-12-1-4-21(18(22)13-2-5-23-10-13)9-16(12)15(8-14)17-11-24-6-3-20-17/h7-8,13,17,20H,1-6,9-11H2/t13-,17-/m0/s1. The van der Waals surface area contributed by atoms with Gasteiger partial charge in [-0.3, -0.25) is 4.79 Å². The summed E-state index contributed by atoms with van der Waals surface area (Å²) in [5.41, 5.74) is 3.68. The summed E-state index contributed by atoms with van der Waals surface area (Å²) < 4.78 is 11.0. The summed E-state index contributed by atoms with van der Waals surface area (Å²) in [6, 6.07) is 4.22. The van der Waals surface area contributed by atoms with Gasteiger partial charge in [-0.25, -0.2) is 0 Å². The topological polar surface area (TPSA) is 50.8 Å². The monoisotopic (exact) mass is 350 g/mol. The molecule has 1 aromatic rings. The molecular weight excluding hydrogens is 328 g/mol. The van der Waals surface area contributed by atoms with Gasteiger partial charge in [-0.05, 0) is 41.7 Å². The molecule has 130 valence electrons. The van der Waals surface area contributed by atoms with E-state index in [1.807, 2.05) is 17.0 Å². The van der Waals surface area contributed by atoms with Gasteiger partial charge >= 0.3 is 0 Å². The van der Waals surface area contributed by atoms with E-state index in [0.717, 1.165) is 37.6 Å². The number of carbonyl (C=O) groups excluding carboxylic acids is 1. The maximum atomic E-state index is 12.7. The molecule has 24 heavy (non-hydrogen) atoms. The number of ether oxygens (including phenoxy) is 2. The quantitative estimate of drug-likeness (QED) is 0.885. The number of nitrogens with zero attached hydrogens (tertiary/aromatic N) is 1. The molecule has 0 aromatic heterocycles. The Balaban J connectivity index is 1.60. The molecule has 4 rings (SSSR count). The van der Waals surface area contributed by atoms with Gasteiger partial charge in [0.05, 0.1) is 31.8 Å². The van der Waals surface area contributed by atoms with Crippen molar-refractivity contribution in [3.63, 3.8) is 0 Å². The lowest BCUT2D eigenvalue weighted by atomic mass is 9.90. The van der Waals surface area contributed by atoms with E-state index in [0.29, 0.717) is 26.4 Å². The summed E-state index contributed by atoms with van der Waals surface area (Å²) in [5, 5.41) is 4.27. The van der Waals surface area contributed by atoms with Crippen LogP contribution in [0.3, 0.4) is 0 Å². The zero-order valence-corrected chi connectivity index (χ0v) is 14.5. The van der Waals surface area contributed by atoms with Crippen molar-refractivity contribution in [1.29, 1.82) is 0 Å². The minimum Gasteiger partial charge on any atom is -0.381 e. The Hall–Kier alpha value is -1.14. The van der Waals surface area contributed by atoms with Crippen molar-refractivity contribution in [2.45, 2.75) is 25.4 Å². The van der Waals surface area contributed by atoms with Gasteiger partial charge in [0.2, 0.25) is 5.91 Å². The first-order chi connectivity index (χ1) is 11.7. The highest BCUT2D eigenvalue weighted by atomic mass is 35.5. The molecule has 0 saturated carbocycles. The molecule has 0 bridgehead atoms. The van der Waals surface area contributed by atoms with E-state index in [1.165, 1.54) is 16.7 Å². The largest absolute Gasteiger partial charge is 0.381 e. The van der Waals surface area contributed by atoms with Crippen LogP contribution in [0, 0.1) is 5.92 Å². The predicted octanol–water partition coefficient (Wildman–Crippen LogP) is 1.92. The fourth-order valence-corrected chi connectivity index (χ4v) is 4.16. The molecule has 0 spiro atoms. The Morgan fingerprint density at radius 3 is 2.88 bits per heavy atom. The van der Waals surface area contributed by atoms with Crippen molar-refractivity contribution in [3.05, 3.63) is 33.8 Å². The van der Waals surface area contributed by atoms with E-state index in [2.05, 4.69) is 5.32 Å². The van der Waals surface area contributed by atoms with Gasteiger partial charge in [0, 0.05) is 31.3 Å². The molecule has 2 saturated heterocycles. The first-order valence-electron chi connectivity index (χ1n) is 8.71. The Kier molecular flexibility index (Phi) is 4.77. The molecule has 6 heteroatoms. The average Bonchev–Trinajstić information content (AvgIpc) is 3.15. The van der Waals surface area contributed by atoms with Crippen LogP contribution in [0.2, 0.25) is 5.02 Å². The van der Waals surface area contributed by atoms with Crippen molar-refractivity contribution in [2.24, 2.45) is 5.92 Å². The summed E-state index contributed by atoms with van der Waals surface area (Å²) in [7, 11) is 0. The number of fused-ring (bicyclic) bond motifs is 1. The Labute approximate surface area is 147 Å². The molecule has 0 aliphatic carbocycles. The number of hydrogen-bond acceptors (Lipinski definition) is 4. The van der Waals surface area contributed by atoms with Crippen LogP contribution in [0.1, 0.15) is 29.2 Å². The van der Waals surface area contributed by atoms with E-state index in [1.54, 1.807) is 0 Å². The Bertz CT molecular complexity index is 625. The first kappa shape index (κ1) is 16.3. The van der Waals surface area contributed by atoms with E-state index in [4.69, 9.17) is 21.1 Å². The van der Waals surface area contributed by atoms with Crippen LogP contribution < -0.4 is 5.32 Å². The molecule has 2 fully saturated rings. The Morgan fingerprint density at radius 1 is 1.25 bits per heavy atom. The Morgan fingerprint density at radius 2 is 2.12 bits per heavy atom. The van der Waals surface area contributed by atoms with E-state index in [-0.39, 0.29) is 17.9 Å². The van der Waals surface area contributed by atoms with Gasteiger partial charge in [-0.15, -0.1) is 0 Å². The van der Waals surface area contributed by atoms with Crippen LogP contribution in [-0.4, -0.2) is 50.3 Å². The third-order valence-corrected chi connectivity index (χ3v) is 5.45. The minimum atomic E-state index is 0.0263. The third-order valence-electron chi connectivity index (χ3n) is 5.23. The van der Waals surface area contributed by atoms with Crippen LogP contribution in [0.25, 0.3) is 0 Å². The SMILES string of the molecule is O=C([C@H]1CCOC1)N1CCc2cc(Cl)cc([C@@H]3COCCN3)c2C1. The molecule has 0 radical (unpaired) electrons. The minimum absolute atomic E-state index is 0.0263. The lowest BCUT2D eigenvalue weighted by Gasteiger charge is -2.34. The number of halogens is 1. The van der Waals surface area contributed by atoms with Crippen LogP contribution >= 0.6 is 11.6 Å². The van der Waals surface area contributed by atoms with Crippen molar-refractivity contribution in [2.75, 3.05) is 39.5 Å². The maximum Gasteiger partial charge on any atom is 0.228 e.